The first kappa shape index (κ1) is 29.2. The number of nitrogens with one attached hydrogen (secondary N) is 2. The van der Waals surface area contributed by atoms with Gasteiger partial charge in [-0.1, -0.05) is 35.9 Å². The molecule has 0 saturated heterocycles. The Hall–Kier alpha value is -5.28. The van der Waals surface area contributed by atoms with Crippen molar-refractivity contribution in [3.63, 3.8) is 0 Å². The monoisotopic (exact) mass is 596 g/mol. The van der Waals surface area contributed by atoms with Crippen molar-refractivity contribution in [2.24, 2.45) is 5.10 Å². The lowest BCUT2D eigenvalue weighted by Crippen LogP contribution is -2.19. The molecule has 5 aromatic rings. The van der Waals surface area contributed by atoms with Crippen LogP contribution in [0.15, 0.2) is 90.0 Å². The van der Waals surface area contributed by atoms with E-state index in [9.17, 15) is 9.59 Å². The van der Waals surface area contributed by atoms with Crippen molar-refractivity contribution in [2.75, 3.05) is 33.2 Å². The Balaban J connectivity index is 1.38. The summed E-state index contributed by atoms with van der Waals surface area (Å²) in [5, 5.41) is 5.54. The average molecular weight is 597 g/mol. The zero-order valence-electron chi connectivity index (χ0n) is 24.0. The summed E-state index contributed by atoms with van der Waals surface area (Å²) in [6.45, 7) is 0. The number of hydrogen-bond acceptors (Lipinski definition) is 7. The van der Waals surface area contributed by atoms with Gasteiger partial charge < -0.3 is 24.1 Å². The summed E-state index contributed by atoms with van der Waals surface area (Å²) in [6, 6.07) is 24.9. The molecule has 10 heteroatoms. The molecular formula is C33H29ClN4O5. The molecule has 9 nitrogen and oxygen atoms in total. The number of esters is 1. The number of methoxy groups -OCH3 is 2. The molecule has 0 aliphatic rings. The fourth-order valence-corrected chi connectivity index (χ4v) is 4.78. The first-order valence-corrected chi connectivity index (χ1v) is 13.6. The van der Waals surface area contributed by atoms with E-state index in [-0.39, 0.29) is 5.75 Å². The van der Waals surface area contributed by atoms with Crippen molar-refractivity contribution < 1.29 is 23.8 Å². The Morgan fingerprint density at radius 1 is 0.907 bits per heavy atom. The SMILES string of the molecule is COc1cccc(C(=O)Oc2ccc(C=NNC(=O)c3[nH]c4ccc(N(C)C)cc4c3-c3ccccc3Cl)cc2OC)c1. The predicted octanol–water partition coefficient (Wildman–Crippen LogP) is 6.55. The van der Waals surface area contributed by atoms with Gasteiger partial charge in [0, 0.05) is 46.8 Å². The van der Waals surface area contributed by atoms with Crippen molar-refractivity contribution in [3.8, 4) is 28.4 Å². The lowest BCUT2D eigenvalue weighted by Gasteiger charge is -2.13. The third kappa shape index (κ3) is 6.32. The number of amides is 1. The third-order valence-electron chi connectivity index (χ3n) is 6.74. The molecule has 0 aliphatic heterocycles. The minimum absolute atomic E-state index is 0.232. The Bertz CT molecular complexity index is 1850. The van der Waals surface area contributed by atoms with Gasteiger partial charge in [0.15, 0.2) is 11.5 Å². The Kier molecular flexibility index (Phi) is 8.64. The summed E-state index contributed by atoms with van der Waals surface area (Å²) in [6.07, 6.45) is 1.47. The van der Waals surface area contributed by atoms with Crippen LogP contribution < -0.4 is 24.5 Å². The molecule has 0 bridgehead atoms. The second-order valence-electron chi connectivity index (χ2n) is 9.71. The number of nitrogens with zero attached hydrogens (tertiary/aromatic N) is 2. The number of halogens is 1. The van der Waals surface area contributed by atoms with Gasteiger partial charge in [-0.3, -0.25) is 4.79 Å². The van der Waals surface area contributed by atoms with Crippen LogP contribution in [0.4, 0.5) is 5.69 Å². The first-order chi connectivity index (χ1) is 20.8. The molecule has 5 rings (SSSR count). The van der Waals surface area contributed by atoms with Crippen LogP contribution in [0.1, 0.15) is 26.4 Å². The number of fused-ring (bicyclic) bond motifs is 1. The number of anilines is 1. The molecule has 0 saturated carbocycles. The lowest BCUT2D eigenvalue weighted by atomic mass is 10.0. The maximum atomic E-state index is 13.4. The molecule has 1 amide bonds. The van der Waals surface area contributed by atoms with Gasteiger partial charge in [-0.15, -0.1) is 0 Å². The average Bonchev–Trinajstić information content (AvgIpc) is 3.40. The number of ether oxygens (including phenoxy) is 3. The fraction of sp³-hybridized carbons (Fsp3) is 0.121. The van der Waals surface area contributed by atoms with Crippen molar-refractivity contribution >= 4 is 46.3 Å². The van der Waals surface area contributed by atoms with E-state index in [0.717, 1.165) is 22.2 Å². The molecule has 0 spiro atoms. The van der Waals surface area contributed by atoms with E-state index in [1.54, 1.807) is 48.5 Å². The standard InChI is InChI=1S/C33H29ClN4O5/c1-38(2)22-13-14-27-25(18-22)30(24-10-5-6-11-26(24)34)31(36-27)32(39)37-35-19-20-12-15-28(29(16-20)42-4)43-33(40)21-8-7-9-23(17-21)41-3/h5-19,36H,1-4H3,(H,37,39). The van der Waals surface area contributed by atoms with E-state index >= 15 is 0 Å². The van der Waals surface area contributed by atoms with Gasteiger partial charge in [0.25, 0.3) is 5.91 Å². The number of carbonyl (C=O) groups excluding carboxylic acids is 2. The Morgan fingerprint density at radius 2 is 1.72 bits per heavy atom. The van der Waals surface area contributed by atoms with Gasteiger partial charge in [-0.05, 0) is 66.2 Å². The third-order valence-corrected chi connectivity index (χ3v) is 7.07. The largest absolute Gasteiger partial charge is 0.497 e. The molecule has 4 aromatic carbocycles. The second kappa shape index (κ2) is 12.7. The van der Waals surface area contributed by atoms with E-state index in [4.69, 9.17) is 25.8 Å². The number of aromatic nitrogens is 1. The molecule has 0 atom stereocenters. The van der Waals surface area contributed by atoms with Gasteiger partial charge in [0.1, 0.15) is 11.4 Å². The smallest absolute Gasteiger partial charge is 0.343 e. The van der Waals surface area contributed by atoms with E-state index in [1.807, 2.05) is 55.4 Å². The Morgan fingerprint density at radius 3 is 2.47 bits per heavy atom. The molecule has 0 unspecified atom stereocenters. The number of benzene rings is 4. The second-order valence-corrected chi connectivity index (χ2v) is 10.1. The van der Waals surface area contributed by atoms with Gasteiger partial charge in [0.2, 0.25) is 0 Å². The van der Waals surface area contributed by atoms with Crippen LogP contribution in [0.2, 0.25) is 5.02 Å². The van der Waals surface area contributed by atoms with Gasteiger partial charge in [0.05, 0.1) is 26.0 Å². The number of rotatable bonds is 9. The summed E-state index contributed by atoms with van der Waals surface area (Å²) in [5.41, 5.74) is 7.05. The minimum Gasteiger partial charge on any atom is -0.497 e. The summed E-state index contributed by atoms with van der Waals surface area (Å²) in [4.78, 5) is 31.3. The number of carbonyl (C=O) groups is 2. The molecule has 0 fully saturated rings. The highest BCUT2D eigenvalue weighted by molar-refractivity contribution is 6.34. The Labute approximate surface area is 253 Å². The van der Waals surface area contributed by atoms with Crippen LogP contribution in [0.3, 0.4) is 0 Å². The van der Waals surface area contributed by atoms with E-state index in [2.05, 4.69) is 15.5 Å². The summed E-state index contributed by atoms with van der Waals surface area (Å²) >= 11 is 6.57. The zero-order valence-corrected chi connectivity index (χ0v) is 24.7. The summed E-state index contributed by atoms with van der Waals surface area (Å²) in [5.74, 6) is 0.0940. The van der Waals surface area contributed by atoms with Gasteiger partial charge in [-0.2, -0.15) is 5.10 Å². The van der Waals surface area contributed by atoms with Crippen LogP contribution in [0, 0.1) is 0 Å². The quantitative estimate of drug-likeness (QED) is 0.0865. The maximum Gasteiger partial charge on any atom is 0.343 e. The number of hydrogen-bond donors (Lipinski definition) is 2. The van der Waals surface area contributed by atoms with Crippen molar-refractivity contribution in [1.29, 1.82) is 0 Å². The van der Waals surface area contributed by atoms with Crippen molar-refractivity contribution in [2.45, 2.75) is 0 Å². The minimum atomic E-state index is -0.559. The highest BCUT2D eigenvalue weighted by atomic mass is 35.5. The number of H-pyrrole nitrogens is 1. The molecular weight excluding hydrogens is 568 g/mol. The van der Waals surface area contributed by atoms with E-state index in [1.165, 1.54) is 20.4 Å². The van der Waals surface area contributed by atoms with Crippen LogP contribution >= 0.6 is 11.6 Å². The van der Waals surface area contributed by atoms with E-state index < -0.39 is 11.9 Å². The molecule has 218 valence electrons. The molecule has 1 heterocycles. The van der Waals surface area contributed by atoms with Crippen LogP contribution in [0.25, 0.3) is 22.0 Å². The molecule has 43 heavy (non-hydrogen) atoms. The van der Waals surface area contributed by atoms with Crippen LogP contribution in [0.5, 0.6) is 17.2 Å². The van der Waals surface area contributed by atoms with E-state index in [0.29, 0.717) is 38.9 Å². The molecule has 2 N–H and O–H groups in total. The van der Waals surface area contributed by atoms with Gasteiger partial charge in [-0.25, -0.2) is 10.2 Å². The molecule has 0 aliphatic carbocycles. The van der Waals surface area contributed by atoms with Crippen molar-refractivity contribution in [3.05, 3.63) is 107 Å². The van der Waals surface area contributed by atoms with Crippen LogP contribution in [-0.2, 0) is 0 Å². The maximum absolute atomic E-state index is 13.4. The lowest BCUT2D eigenvalue weighted by molar-refractivity contribution is 0.0729. The van der Waals surface area contributed by atoms with Crippen LogP contribution in [-0.4, -0.2) is 51.4 Å². The predicted molar refractivity (Wildman–Crippen MR) is 169 cm³/mol. The number of hydrazone groups is 1. The summed E-state index contributed by atoms with van der Waals surface area (Å²) in [7, 11) is 6.90. The molecule has 0 radical (unpaired) electrons. The zero-order chi connectivity index (χ0) is 30.5. The topological polar surface area (TPSA) is 105 Å². The number of aromatic amines is 1. The summed E-state index contributed by atoms with van der Waals surface area (Å²) < 4.78 is 16.1. The normalized spacial score (nSPS) is 11.0. The highest BCUT2D eigenvalue weighted by Gasteiger charge is 2.21. The fourth-order valence-electron chi connectivity index (χ4n) is 4.55. The first-order valence-electron chi connectivity index (χ1n) is 13.2. The van der Waals surface area contributed by atoms with Gasteiger partial charge >= 0.3 is 5.97 Å². The highest BCUT2D eigenvalue weighted by Crippen LogP contribution is 2.38. The molecule has 1 aromatic heterocycles. The van der Waals surface area contributed by atoms with Crippen molar-refractivity contribution in [1.82, 2.24) is 10.4 Å².